The topological polar surface area (TPSA) is 9.23 Å². The molecule has 0 saturated carbocycles. The zero-order valence-corrected chi connectivity index (χ0v) is 28.9. The number of rotatable bonds is 4. The van der Waals surface area contributed by atoms with Crippen molar-refractivity contribution in [2.45, 2.75) is 0 Å². The van der Waals surface area contributed by atoms with Gasteiger partial charge >= 0.3 is 0 Å². The maximum atomic E-state index is 6.49. The number of para-hydroxylation sites is 1. The molecule has 0 N–H and O–H groups in total. The first-order valence-electron chi connectivity index (χ1n) is 18.3. The highest BCUT2D eigenvalue weighted by molar-refractivity contribution is 6.24. The molecule has 1 heteroatoms. The van der Waals surface area contributed by atoms with Crippen LogP contribution in [0.25, 0.3) is 98.7 Å². The van der Waals surface area contributed by atoms with E-state index in [1.807, 2.05) is 6.07 Å². The molecule has 0 fully saturated rings. The van der Waals surface area contributed by atoms with Crippen LogP contribution >= 0.6 is 0 Å². The van der Waals surface area contributed by atoms with Crippen LogP contribution in [0.1, 0.15) is 0 Å². The molecule has 11 rings (SSSR count). The fourth-order valence-electron chi connectivity index (χ4n) is 8.78. The van der Waals surface area contributed by atoms with Crippen molar-refractivity contribution < 1.29 is 4.74 Å². The average Bonchev–Trinajstić information content (AvgIpc) is 3.23. The number of hydrogen-bond acceptors (Lipinski definition) is 1. The van der Waals surface area contributed by atoms with E-state index in [4.69, 9.17) is 4.74 Å². The van der Waals surface area contributed by atoms with Crippen LogP contribution in [-0.2, 0) is 0 Å². The van der Waals surface area contributed by atoms with Gasteiger partial charge in [-0.25, -0.2) is 0 Å². The third-order valence-electron chi connectivity index (χ3n) is 11.1. The van der Waals surface area contributed by atoms with Gasteiger partial charge in [0.2, 0.25) is 0 Å². The Labute approximate surface area is 308 Å². The summed E-state index contributed by atoms with van der Waals surface area (Å²) in [5, 5.41) is 9.86. The lowest BCUT2D eigenvalue weighted by atomic mass is 9.83. The van der Waals surface area contributed by atoms with Crippen LogP contribution in [0.2, 0.25) is 0 Å². The van der Waals surface area contributed by atoms with Crippen molar-refractivity contribution in [2.75, 3.05) is 0 Å². The van der Waals surface area contributed by atoms with Crippen molar-refractivity contribution in [3.63, 3.8) is 0 Å². The molecule has 0 bridgehead atoms. The first-order valence-corrected chi connectivity index (χ1v) is 18.3. The molecule has 0 saturated heterocycles. The molecule has 0 aromatic heterocycles. The lowest BCUT2D eigenvalue weighted by Gasteiger charge is -2.24. The van der Waals surface area contributed by atoms with Gasteiger partial charge < -0.3 is 4.74 Å². The number of fused-ring (bicyclic) bond motifs is 5. The molecule has 53 heavy (non-hydrogen) atoms. The van der Waals surface area contributed by atoms with Gasteiger partial charge in [-0.05, 0) is 99.9 Å². The highest BCUT2D eigenvalue weighted by Gasteiger charge is 2.24. The van der Waals surface area contributed by atoms with Crippen molar-refractivity contribution in [1.29, 1.82) is 0 Å². The Morgan fingerprint density at radius 2 is 0.736 bits per heavy atom. The van der Waals surface area contributed by atoms with Gasteiger partial charge in [-0.2, -0.15) is 0 Å². The zero-order valence-electron chi connectivity index (χ0n) is 28.9. The summed E-state index contributed by atoms with van der Waals surface area (Å²) < 4.78 is 6.49. The lowest BCUT2D eigenvalue weighted by Crippen LogP contribution is -1.98. The van der Waals surface area contributed by atoms with Crippen LogP contribution in [0.15, 0.2) is 194 Å². The monoisotopic (exact) mass is 672 g/mol. The molecule has 1 aliphatic heterocycles. The Balaban J connectivity index is 1.11. The van der Waals surface area contributed by atoms with E-state index >= 15 is 0 Å². The maximum Gasteiger partial charge on any atom is 0.135 e. The van der Waals surface area contributed by atoms with Gasteiger partial charge in [-0.3, -0.25) is 0 Å². The molecule has 1 aliphatic rings. The zero-order chi connectivity index (χ0) is 34.9. The molecule has 246 valence electrons. The lowest BCUT2D eigenvalue weighted by molar-refractivity contribution is 0.487. The molecule has 0 aliphatic carbocycles. The van der Waals surface area contributed by atoms with E-state index in [9.17, 15) is 0 Å². The van der Waals surface area contributed by atoms with Gasteiger partial charge in [0.05, 0.1) is 0 Å². The molecule has 1 nitrogen and oxygen atoms in total. The fourth-order valence-corrected chi connectivity index (χ4v) is 8.78. The summed E-state index contributed by atoms with van der Waals surface area (Å²) in [7, 11) is 0. The highest BCUT2D eigenvalue weighted by Crippen LogP contribution is 2.51. The maximum absolute atomic E-state index is 6.49. The number of benzene rings is 10. The minimum atomic E-state index is 0.906. The number of ether oxygens (including phenoxy) is 1. The van der Waals surface area contributed by atoms with E-state index in [1.165, 1.54) is 93.2 Å². The normalized spacial score (nSPS) is 11.9. The van der Waals surface area contributed by atoms with Crippen molar-refractivity contribution >= 4 is 43.1 Å². The largest absolute Gasteiger partial charge is 0.456 e. The minimum Gasteiger partial charge on any atom is -0.456 e. The average molecular weight is 673 g/mol. The van der Waals surface area contributed by atoms with Gasteiger partial charge in [0.25, 0.3) is 0 Å². The van der Waals surface area contributed by atoms with E-state index < -0.39 is 0 Å². The minimum absolute atomic E-state index is 0.906. The van der Waals surface area contributed by atoms with Crippen molar-refractivity contribution in [1.82, 2.24) is 0 Å². The predicted octanol–water partition coefficient (Wildman–Crippen LogP) is 14.7. The van der Waals surface area contributed by atoms with Gasteiger partial charge in [0.15, 0.2) is 0 Å². The van der Waals surface area contributed by atoms with Crippen molar-refractivity contribution in [3.8, 4) is 67.1 Å². The molecule has 0 radical (unpaired) electrons. The second-order valence-electron chi connectivity index (χ2n) is 13.9. The van der Waals surface area contributed by atoms with Gasteiger partial charge in [0.1, 0.15) is 11.5 Å². The Bertz CT molecular complexity index is 3000. The van der Waals surface area contributed by atoms with Crippen LogP contribution in [0.5, 0.6) is 11.5 Å². The third kappa shape index (κ3) is 4.58. The SMILES string of the molecule is c1ccc(-c2cccc3cccc(-c4ccc(-c5c6ccccc6c(-c6ccc7c8c(cccc68)Oc6ccccc6-7)c6ccccc56)cc4)c23)cc1. The molecule has 0 atom stereocenters. The first-order chi connectivity index (χ1) is 26.3. The smallest absolute Gasteiger partial charge is 0.135 e. The van der Waals surface area contributed by atoms with Crippen LogP contribution in [0, 0.1) is 0 Å². The van der Waals surface area contributed by atoms with E-state index in [2.05, 4.69) is 188 Å². The Morgan fingerprint density at radius 1 is 0.245 bits per heavy atom. The molecular formula is C52H32O. The van der Waals surface area contributed by atoms with E-state index in [0.717, 1.165) is 17.1 Å². The standard InChI is InChI=1S/C52H32O/c1-2-13-33(14-3-1)37-22-10-15-35-16-11-23-38(49(35)37)34-27-29-36(30-28-34)50-40-18-4-6-20-42(40)51(43-21-7-5-19-41(43)50)46-32-31-45-39-17-8-9-25-47(39)53-48-26-12-24-44(46)52(45)48/h1-32H. The van der Waals surface area contributed by atoms with Gasteiger partial charge in [0, 0.05) is 10.9 Å². The summed E-state index contributed by atoms with van der Waals surface area (Å²) >= 11 is 0. The van der Waals surface area contributed by atoms with Crippen LogP contribution < -0.4 is 4.74 Å². The van der Waals surface area contributed by atoms with Crippen LogP contribution in [0.4, 0.5) is 0 Å². The first kappa shape index (κ1) is 29.7. The summed E-state index contributed by atoms with van der Waals surface area (Å²) in [6.45, 7) is 0. The Kier molecular flexibility index (Phi) is 6.62. The quantitative estimate of drug-likeness (QED) is 0.169. The van der Waals surface area contributed by atoms with Crippen molar-refractivity contribution in [2.24, 2.45) is 0 Å². The summed E-state index contributed by atoms with van der Waals surface area (Å²) in [6.07, 6.45) is 0. The molecule has 10 aromatic rings. The van der Waals surface area contributed by atoms with Gasteiger partial charge in [-0.1, -0.05) is 182 Å². The molecule has 0 amide bonds. The molecule has 0 spiro atoms. The molecule has 10 aromatic carbocycles. The fraction of sp³-hybridized carbons (Fsp3) is 0. The second-order valence-corrected chi connectivity index (χ2v) is 13.9. The van der Waals surface area contributed by atoms with E-state index in [-0.39, 0.29) is 0 Å². The van der Waals surface area contributed by atoms with Gasteiger partial charge in [-0.15, -0.1) is 0 Å². The summed E-state index contributed by atoms with van der Waals surface area (Å²) in [4.78, 5) is 0. The summed E-state index contributed by atoms with van der Waals surface area (Å²) in [5.74, 6) is 1.81. The Hall–Kier alpha value is -6.96. The second kappa shape index (κ2) is 11.8. The van der Waals surface area contributed by atoms with E-state index in [1.54, 1.807) is 0 Å². The molecule has 0 unspecified atom stereocenters. The van der Waals surface area contributed by atoms with Crippen LogP contribution in [-0.4, -0.2) is 0 Å². The predicted molar refractivity (Wildman–Crippen MR) is 224 cm³/mol. The summed E-state index contributed by atoms with van der Waals surface area (Å²) in [6, 6.07) is 70.4. The highest BCUT2D eigenvalue weighted by atomic mass is 16.5. The van der Waals surface area contributed by atoms with Crippen LogP contribution in [0.3, 0.4) is 0 Å². The Morgan fingerprint density at radius 3 is 1.43 bits per heavy atom. The van der Waals surface area contributed by atoms with Crippen molar-refractivity contribution in [3.05, 3.63) is 194 Å². The van der Waals surface area contributed by atoms with E-state index in [0.29, 0.717) is 0 Å². The summed E-state index contributed by atoms with van der Waals surface area (Å²) in [5.41, 5.74) is 12.2. The molecule has 1 heterocycles. The third-order valence-corrected chi connectivity index (χ3v) is 11.1. The number of hydrogen-bond donors (Lipinski definition) is 0. The molecular weight excluding hydrogens is 641 g/mol.